The summed E-state index contributed by atoms with van der Waals surface area (Å²) in [6, 6.07) is 13.7. The van der Waals surface area contributed by atoms with Gasteiger partial charge in [-0.2, -0.15) is 0 Å². The molecule has 1 fully saturated rings. The van der Waals surface area contributed by atoms with Gasteiger partial charge in [-0.25, -0.2) is 0 Å². The minimum atomic E-state index is -0.0312. The molecular weight excluding hydrogens is 334 g/mol. The molecule has 5 nitrogen and oxygen atoms in total. The summed E-state index contributed by atoms with van der Waals surface area (Å²) in [6.07, 6.45) is 2.01. The number of amides is 2. The number of para-hydroxylation sites is 1. The van der Waals surface area contributed by atoms with Gasteiger partial charge < -0.3 is 9.80 Å². The number of nitrogens with zero attached hydrogens (tertiary/aromatic N) is 3. The number of fused-ring (bicyclic) bond motifs is 1. The molecule has 0 unspecified atom stereocenters. The maximum absolute atomic E-state index is 12.6. The summed E-state index contributed by atoms with van der Waals surface area (Å²) in [5.41, 5.74) is 1.79. The number of rotatable bonds is 3. The smallest absolute Gasteiger partial charge is 0.247 e. The zero-order valence-corrected chi connectivity index (χ0v) is 14.4. The van der Waals surface area contributed by atoms with E-state index in [1.807, 2.05) is 47.8 Å². The van der Waals surface area contributed by atoms with Gasteiger partial charge in [0.15, 0.2) is 0 Å². The SMILES string of the molecule is O=C(Cc1cnc2ccccc2c1)N1CCN(c2cccs2)C(=O)C1. The van der Waals surface area contributed by atoms with E-state index in [-0.39, 0.29) is 24.8 Å². The summed E-state index contributed by atoms with van der Waals surface area (Å²) in [7, 11) is 0. The van der Waals surface area contributed by atoms with Crippen LogP contribution in [0.2, 0.25) is 0 Å². The van der Waals surface area contributed by atoms with Crippen LogP contribution in [-0.2, 0) is 16.0 Å². The van der Waals surface area contributed by atoms with Crippen LogP contribution >= 0.6 is 11.3 Å². The number of thiophene rings is 1. The van der Waals surface area contributed by atoms with Crippen LogP contribution in [0.3, 0.4) is 0 Å². The number of hydrogen-bond acceptors (Lipinski definition) is 4. The third-order valence-electron chi connectivity index (χ3n) is 4.35. The van der Waals surface area contributed by atoms with Gasteiger partial charge in [0.2, 0.25) is 11.8 Å². The standard InChI is InChI=1S/C19H17N3O2S/c23-17(11-14-10-15-4-1-2-5-16(15)20-12-14)21-7-8-22(18(24)13-21)19-6-3-9-25-19/h1-6,9-10,12H,7-8,11,13H2. The largest absolute Gasteiger partial charge is 0.331 e. The van der Waals surface area contributed by atoms with Crippen LogP contribution in [0.1, 0.15) is 5.56 Å². The van der Waals surface area contributed by atoms with Crippen molar-refractivity contribution in [2.24, 2.45) is 0 Å². The molecule has 1 saturated heterocycles. The van der Waals surface area contributed by atoms with Gasteiger partial charge in [0.1, 0.15) is 6.54 Å². The lowest BCUT2D eigenvalue weighted by Crippen LogP contribution is -2.52. The highest BCUT2D eigenvalue weighted by molar-refractivity contribution is 7.14. The molecule has 0 aliphatic carbocycles. The number of piperazine rings is 1. The first kappa shape index (κ1) is 15.8. The van der Waals surface area contributed by atoms with Crippen molar-refractivity contribution in [2.75, 3.05) is 24.5 Å². The molecule has 25 heavy (non-hydrogen) atoms. The molecule has 0 radical (unpaired) electrons. The van der Waals surface area contributed by atoms with E-state index in [2.05, 4.69) is 4.98 Å². The van der Waals surface area contributed by atoms with Crippen molar-refractivity contribution in [3.63, 3.8) is 0 Å². The van der Waals surface area contributed by atoms with Gasteiger partial charge in [-0.3, -0.25) is 14.6 Å². The predicted molar refractivity (Wildman–Crippen MR) is 98.7 cm³/mol. The number of pyridine rings is 1. The van der Waals surface area contributed by atoms with Gasteiger partial charge in [0.05, 0.1) is 16.9 Å². The monoisotopic (exact) mass is 351 g/mol. The number of anilines is 1. The molecule has 4 rings (SSSR count). The molecule has 3 aromatic rings. The fourth-order valence-electron chi connectivity index (χ4n) is 3.04. The van der Waals surface area contributed by atoms with E-state index in [4.69, 9.17) is 0 Å². The normalized spacial score (nSPS) is 15.0. The minimum Gasteiger partial charge on any atom is -0.331 e. The fraction of sp³-hybridized carbons (Fsp3) is 0.211. The Labute approximate surface area is 149 Å². The van der Waals surface area contributed by atoms with Crippen LogP contribution in [0.5, 0.6) is 0 Å². The first-order valence-electron chi connectivity index (χ1n) is 8.16. The molecular formula is C19H17N3O2S. The van der Waals surface area contributed by atoms with Crippen LogP contribution in [0.15, 0.2) is 54.0 Å². The van der Waals surface area contributed by atoms with Gasteiger partial charge in [0, 0.05) is 24.7 Å². The van der Waals surface area contributed by atoms with Gasteiger partial charge in [-0.05, 0) is 35.2 Å². The molecule has 0 N–H and O–H groups in total. The van der Waals surface area contributed by atoms with Gasteiger partial charge >= 0.3 is 0 Å². The maximum Gasteiger partial charge on any atom is 0.247 e. The second kappa shape index (κ2) is 6.64. The average Bonchev–Trinajstić information content (AvgIpc) is 3.16. The van der Waals surface area contributed by atoms with Crippen LogP contribution in [0.25, 0.3) is 10.9 Å². The molecule has 0 saturated carbocycles. The van der Waals surface area contributed by atoms with E-state index >= 15 is 0 Å². The van der Waals surface area contributed by atoms with Crippen molar-refractivity contribution in [1.29, 1.82) is 0 Å². The summed E-state index contributed by atoms with van der Waals surface area (Å²) >= 11 is 1.54. The first-order valence-corrected chi connectivity index (χ1v) is 9.04. The lowest BCUT2D eigenvalue weighted by atomic mass is 10.1. The Bertz CT molecular complexity index is 923. The van der Waals surface area contributed by atoms with Crippen molar-refractivity contribution in [3.8, 4) is 0 Å². The van der Waals surface area contributed by atoms with Crippen LogP contribution in [0.4, 0.5) is 5.00 Å². The van der Waals surface area contributed by atoms with Crippen LogP contribution < -0.4 is 4.90 Å². The second-order valence-corrected chi connectivity index (χ2v) is 6.95. The van der Waals surface area contributed by atoms with E-state index in [1.165, 1.54) is 11.3 Å². The van der Waals surface area contributed by atoms with Crippen LogP contribution in [0, 0.1) is 0 Å². The van der Waals surface area contributed by atoms with E-state index in [0.717, 1.165) is 21.5 Å². The summed E-state index contributed by atoms with van der Waals surface area (Å²) in [5, 5.41) is 3.91. The molecule has 1 aliphatic rings. The predicted octanol–water partition coefficient (Wildman–Crippen LogP) is 2.71. The third kappa shape index (κ3) is 3.25. The van der Waals surface area contributed by atoms with Gasteiger partial charge in [-0.1, -0.05) is 18.2 Å². The molecule has 2 amide bonds. The fourth-order valence-corrected chi connectivity index (χ4v) is 3.82. The Hall–Kier alpha value is -2.73. The van der Waals surface area contributed by atoms with Crippen molar-refractivity contribution < 1.29 is 9.59 Å². The second-order valence-electron chi connectivity index (χ2n) is 6.03. The Morgan fingerprint density at radius 2 is 2.04 bits per heavy atom. The topological polar surface area (TPSA) is 53.5 Å². The van der Waals surface area contributed by atoms with Crippen LogP contribution in [-0.4, -0.2) is 41.3 Å². The highest BCUT2D eigenvalue weighted by Gasteiger charge is 2.28. The summed E-state index contributed by atoms with van der Waals surface area (Å²) < 4.78 is 0. The summed E-state index contributed by atoms with van der Waals surface area (Å²) in [5.74, 6) is -0.0602. The summed E-state index contributed by atoms with van der Waals surface area (Å²) in [6.45, 7) is 1.24. The highest BCUT2D eigenvalue weighted by atomic mass is 32.1. The zero-order chi connectivity index (χ0) is 17.2. The minimum absolute atomic E-state index is 0.0290. The molecule has 3 heterocycles. The molecule has 0 bridgehead atoms. The molecule has 0 atom stereocenters. The van der Waals surface area contributed by atoms with Gasteiger partial charge in [0.25, 0.3) is 0 Å². The average molecular weight is 351 g/mol. The number of carbonyl (C=O) groups excluding carboxylic acids is 2. The molecule has 0 spiro atoms. The quantitative estimate of drug-likeness (QED) is 0.729. The van der Waals surface area contributed by atoms with E-state index in [0.29, 0.717) is 13.1 Å². The third-order valence-corrected chi connectivity index (χ3v) is 5.24. The zero-order valence-electron chi connectivity index (χ0n) is 13.6. The maximum atomic E-state index is 12.6. The molecule has 1 aromatic carbocycles. The number of hydrogen-bond donors (Lipinski definition) is 0. The van der Waals surface area contributed by atoms with Crippen molar-refractivity contribution in [1.82, 2.24) is 9.88 Å². The molecule has 6 heteroatoms. The number of carbonyl (C=O) groups is 2. The molecule has 2 aromatic heterocycles. The molecule has 1 aliphatic heterocycles. The van der Waals surface area contributed by atoms with Crippen molar-refractivity contribution >= 4 is 39.1 Å². The van der Waals surface area contributed by atoms with E-state index in [1.54, 1.807) is 16.0 Å². The highest BCUT2D eigenvalue weighted by Crippen LogP contribution is 2.23. The Morgan fingerprint density at radius 1 is 1.16 bits per heavy atom. The Morgan fingerprint density at radius 3 is 2.84 bits per heavy atom. The first-order chi connectivity index (χ1) is 12.2. The lowest BCUT2D eigenvalue weighted by molar-refractivity contribution is -0.136. The van der Waals surface area contributed by atoms with Gasteiger partial charge in [-0.15, -0.1) is 11.3 Å². The van der Waals surface area contributed by atoms with Crippen molar-refractivity contribution in [2.45, 2.75) is 6.42 Å². The number of benzene rings is 1. The number of aromatic nitrogens is 1. The Balaban J connectivity index is 1.43. The van der Waals surface area contributed by atoms with E-state index < -0.39 is 0 Å². The molecule has 126 valence electrons. The lowest BCUT2D eigenvalue weighted by Gasteiger charge is -2.33. The van der Waals surface area contributed by atoms with Crippen molar-refractivity contribution in [3.05, 3.63) is 59.6 Å². The summed E-state index contributed by atoms with van der Waals surface area (Å²) in [4.78, 5) is 32.7. The van der Waals surface area contributed by atoms with E-state index in [9.17, 15) is 9.59 Å². The Kier molecular flexibility index (Phi) is 4.19.